The molecule has 1 fully saturated rings. The fourth-order valence-corrected chi connectivity index (χ4v) is 4.87. The molecule has 5 rings (SSSR count). The molecule has 0 amide bonds. The van der Waals surface area contributed by atoms with Crippen LogP contribution in [-0.4, -0.2) is 6.10 Å². The van der Waals surface area contributed by atoms with Gasteiger partial charge in [-0.2, -0.15) is 0 Å². The Kier molecular flexibility index (Phi) is 3.83. The van der Waals surface area contributed by atoms with E-state index in [-0.39, 0.29) is 21.9 Å². The van der Waals surface area contributed by atoms with Crippen LogP contribution in [0, 0.1) is 17.5 Å². The van der Waals surface area contributed by atoms with Crippen LogP contribution in [0.3, 0.4) is 0 Å². The number of aryl methyl sites for hydroxylation is 1. The van der Waals surface area contributed by atoms with E-state index in [1.807, 2.05) is 6.92 Å². The lowest BCUT2D eigenvalue weighted by Gasteiger charge is -2.26. The molecule has 0 aliphatic heterocycles. The molecule has 1 heterocycles. The number of halogens is 3. The van der Waals surface area contributed by atoms with Crippen molar-refractivity contribution in [2.75, 3.05) is 0 Å². The molecule has 0 N–H and O–H groups in total. The lowest BCUT2D eigenvalue weighted by Crippen LogP contribution is -2.24. The molecule has 3 aromatic carbocycles. The molecule has 1 aliphatic carbocycles. The van der Waals surface area contributed by atoms with Crippen molar-refractivity contribution in [3.8, 4) is 5.75 Å². The number of ether oxygens (including phenoxy) is 1. The predicted octanol–water partition coefficient (Wildman–Crippen LogP) is 7.12. The normalized spacial score (nSPS) is 15.0. The van der Waals surface area contributed by atoms with Crippen molar-refractivity contribution in [3.63, 3.8) is 0 Å². The van der Waals surface area contributed by atoms with Crippen molar-refractivity contribution >= 4 is 42.3 Å². The molecule has 0 radical (unpaired) electrons. The van der Waals surface area contributed by atoms with Crippen LogP contribution in [0.5, 0.6) is 5.75 Å². The zero-order valence-electron chi connectivity index (χ0n) is 14.7. The van der Waals surface area contributed by atoms with Gasteiger partial charge in [-0.3, -0.25) is 0 Å². The van der Waals surface area contributed by atoms with Crippen molar-refractivity contribution in [1.29, 1.82) is 0 Å². The largest absolute Gasteiger partial charge is 0.487 e. The minimum absolute atomic E-state index is 0.0141. The second-order valence-corrected chi connectivity index (χ2v) is 8.11. The molecule has 27 heavy (non-hydrogen) atoms. The molecule has 138 valence electrons. The molecule has 0 atom stereocenters. The van der Waals surface area contributed by atoms with E-state index in [9.17, 15) is 8.78 Å². The van der Waals surface area contributed by atoms with Crippen LogP contribution in [0.2, 0.25) is 0 Å². The summed E-state index contributed by atoms with van der Waals surface area (Å²) in [6.45, 7) is 1.83. The fraction of sp³-hybridized carbons (Fsp3) is 0.273. The summed E-state index contributed by atoms with van der Waals surface area (Å²) < 4.78 is 51.3. The molecule has 1 aromatic heterocycles. The fourth-order valence-electron chi connectivity index (χ4n) is 3.71. The van der Waals surface area contributed by atoms with E-state index >= 15 is 4.39 Å². The average Bonchev–Trinajstić information content (AvgIpc) is 3.00. The van der Waals surface area contributed by atoms with E-state index in [1.54, 1.807) is 30.3 Å². The molecular formula is C22H17F3OS. The van der Waals surface area contributed by atoms with Gasteiger partial charge < -0.3 is 4.74 Å². The minimum Gasteiger partial charge on any atom is -0.487 e. The monoisotopic (exact) mass is 386 g/mol. The Hall–Kier alpha value is -2.27. The summed E-state index contributed by atoms with van der Waals surface area (Å²) in [7, 11) is 0. The predicted molar refractivity (Wildman–Crippen MR) is 104 cm³/mol. The maximum Gasteiger partial charge on any atom is 0.182 e. The second kappa shape index (κ2) is 6.13. The van der Waals surface area contributed by atoms with Gasteiger partial charge in [0.2, 0.25) is 0 Å². The third kappa shape index (κ3) is 2.44. The molecule has 0 spiro atoms. The highest BCUT2D eigenvalue weighted by molar-refractivity contribution is 7.26. The molecule has 0 saturated heterocycles. The highest BCUT2D eigenvalue weighted by Gasteiger charge is 2.23. The van der Waals surface area contributed by atoms with Crippen LogP contribution in [-0.2, 0) is 6.42 Å². The molecule has 1 nitrogen and oxygen atoms in total. The Labute approximate surface area is 158 Å². The first-order valence-electron chi connectivity index (χ1n) is 9.19. The zero-order chi connectivity index (χ0) is 18.7. The minimum atomic E-state index is -0.614. The Balaban J connectivity index is 1.78. The van der Waals surface area contributed by atoms with Crippen LogP contribution in [0.1, 0.15) is 31.7 Å². The Bertz CT molecular complexity index is 1210. The lowest BCUT2D eigenvalue weighted by molar-refractivity contribution is 0.115. The van der Waals surface area contributed by atoms with Crippen molar-refractivity contribution in [2.24, 2.45) is 0 Å². The maximum absolute atomic E-state index is 15.2. The van der Waals surface area contributed by atoms with Crippen LogP contribution >= 0.6 is 11.3 Å². The number of fused-ring (bicyclic) bond motifs is 4. The van der Waals surface area contributed by atoms with Gasteiger partial charge in [-0.05, 0) is 54.8 Å². The molecule has 0 bridgehead atoms. The van der Waals surface area contributed by atoms with E-state index in [2.05, 4.69) is 0 Å². The van der Waals surface area contributed by atoms with Crippen molar-refractivity contribution in [3.05, 3.63) is 53.3 Å². The lowest BCUT2D eigenvalue weighted by atomic mass is 9.96. The average molecular weight is 386 g/mol. The summed E-state index contributed by atoms with van der Waals surface area (Å²) in [5.74, 6) is -1.39. The van der Waals surface area contributed by atoms with Gasteiger partial charge in [-0.25, -0.2) is 13.2 Å². The highest BCUT2D eigenvalue weighted by atomic mass is 32.1. The van der Waals surface area contributed by atoms with Gasteiger partial charge in [-0.15, -0.1) is 11.3 Å². The Morgan fingerprint density at radius 2 is 1.74 bits per heavy atom. The molecule has 1 aliphatic rings. The number of rotatable bonds is 3. The van der Waals surface area contributed by atoms with Crippen LogP contribution in [0.15, 0.2) is 30.3 Å². The quantitative estimate of drug-likeness (QED) is 0.364. The summed E-state index contributed by atoms with van der Waals surface area (Å²) in [6.07, 6.45) is 3.52. The third-order valence-corrected chi connectivity index (χ3v) is 6.71. The van der Waals surface area contributed by atoms with Crippen molar-refractivity contribution in [1.82, 2.24) is 0 Å². The first kappa shape index (κ1) is 16.9. The van der Waals surface area contributed by atoms with Crippen LogP contribution in [0.4, 0.5) is 13.2 Å². The van der Waals surface area contributed by atoms with E-state index in [0.717, 1.165) is 30.6 Å². The van der Waals surface area contributed by atoms with E-state index in [1.165, 1.54) is 0 Å². The number of thiophene rings is 1. The smallest absolute Gasteiger partial charge is 0.182 e. The number of hydrogen-bond acceptors (Lipinski definition) is 2. The standard InChI is InChI=1S/C22H17F3OS/c1-2-11-6-7-12-10-15-14-8-9-16(26-13-4-3-5-13)19(24)21(14)27-22(15)20(25)17(12)18(11)23/h6-10,13H,2-5H2,1H3. The van der Waals surface area contributed by atoms with E-state index < -0.39 is 17.5 Å². The van der Waals surface area contributed by atoms with Gasteiger partial charge in [0.15, 0.2) is 17.4 Å². The SMILES string of the molecule is CCc1ccc2cc3c(sc4c(F)c(OC5CCC5)ccc43)c(F)c2c1F. The Morgan fingerprint density at radius 3 is 2.44 bits per heavy atom. The summed E-state index contributed by atoms with van der Waals surface area (Å²) in [5, 5.41) is 1.72. The highest BCUT2D eigenvalue weighted by Crippen LogP contribution is 2.43. The molecule has 1 saturated carbocycles. The number of hydrogen-bond donors (Lipinski definition) is 0. The van der Waals surface area contributed by atoms with Gasteiger partial charge >= 0.3 is 0 Å². The first-order chi connectivity index (χ1) is 13.1. The van der Waals surface area contributed by atoms with E-state index in [4.69, 9.17) is 4.74 Å². The van der Waals surface area contributed by atoms with Crippen molar-refractivity contribution in [2.45, 2.75) is 38.7 Å². The van der Waals surface area contributed by atoms with Gasteiger partial charge in [0.1, 0.15) is 5.82 Å². The molecular weight excluding hydrogens is 369 g/mol. The maximum atomic E-state index is 15.2. The molecule has 0 unspecified atom stereocenters. The third-order valence-electron chi connectivity index (χ3n) is 5.50. The van der Waals surface area contributed by atoms with Gasteiger partial charge in [0.25, 0.3) is 0 Å². The van der Waals surface area contributed by atoms with Crippen molar-refractivity contribution < 1.29 is 17.9 Å². The first-order valence-corrected chi connectivity index (χ1v) is 10.0. The van der Waals surface area contributed by atoms with Gasteiger partial charge in [-0.1, -0.05) is 19.1 Å². The summed E-state index contributed by atoms with van der Waals surface area (Å²) in [6, 6.07) is 8.55. The van der Waals surface area contributed by atoms with Gasteiger partial charge in [0.05, 0.1) is 20.9 Å². The summed E-state index contributed by atoms with van der Waals surface area (Å²) in [4.78, 5) is 0. The molecule has 4 aromatic rings. The topological polar surface area (TPSA) is 9.23 Å². The van der Waals surface area contributed by atoms with Crippen LogP contribution < -0.4 is 4.74 Å². The summed E-state index contributed by atoms with van der Waals surface area (Å²) in [5.41, 5.74) is 0.476. The zero-order valence-corrected chi connectivity index (χ0v) is 15.6. The number of benzene rings is 3. The van der Waals surface area contributed by atoms with Crippen LogP contribution in [0.25, 0.3) is 30.9 Å². The Morgan fingerprint density at radius 1 is 0.963 bits per heavy atom. The molecule has 5 heteroatoms. The second-order valence-electron chi connectivity index (χ2n) is 7.08. The van der Waals surface area contributed by atoms with E-state index in [0.29, 0.717) is 32.8 Å². The van der Waals surface area contributed by atoms with Gasteiger partial charge in [0, 0.05) is 10.8 Å². The summed E-state index contributed by atoms with van der Waals surface area (Å²) >= 11 is 1.02.